The maximum atomic E-state index is 13.2. The molecule has 7 nitrogen and oxygen atoms in total. The summed E-state index contributed by atoms with van der Waals surface area (Å²) in [5.74, 6) is -0.443. The number of benzene rings is 1. The van der Waals surface area contributed by atoms with Gasteiger partial charge in [0.1, 0.15) is 12.1 Å². The molecule has 3 rings (SSSR count). The number of hydrogen-bond acceptors (Lipinski definition) is 4. The molecule has 4 amide bonds. The quantitative estimate of drug-likeness (QED) is 0.730. The summed E-state index contributed by atoms with van der Waals surface area (Å²) in [5.41, 5.74) is 0.338. The smallest absolute Gasteiger partial charge is 0.325 e. The van der Waals surface area contributed by atoms with Crippen LogP contribution in [0.25, 0.3) is 0 Å². The molecule has 2 fully saturated rings. The van der Waals surface area contributed by atoms with Crippen LogP contribution in [0.1, 0.15) is 40.0 Å². The van der Waals surface area contributed by atoms with Gasteiger partial charge >= 0.3 is 6.03 Å². The molecule has 0 aromatic heterocycles. The minimum absolute atomic E-state index is 0.0553. The van der Waals surface area contributed by atoms with E-state index in [4.69, 9.17) is 11.6 Å². The number of imide groups is 1. The number of hydrogen-bond donors (Lipinski definition) is 2. The number of amides is 4. The zero-order chi connectivity index (χ0) is 21.6. The Kier molecular flexibility index (Phi) is 5.56. The maximum Gasteiger partial charge on any atom is 0.325 e. The van der Waals surface area contributed by atoms with E-state index in [9.17, 15) is 14.4 Å². The standard InChI is InChI=1S/C21H29ClN4O3/c1-13-9-20(2,3)12-21(10-13)18(28)26(19(29)24-21)11-17(27)23-15-8-14(22)6-7-16(15)25(4)5/h6-8,13H,9-12H2,1-5H3,(H,23,27)(H,24,29). The second kappa shape index (κ2) is 7.52. The van der Waals surface area contributed by atoms with E-state index >= 15 is 0 Å². The number of halogens is 1. The van der Waals surface area contributed by atoms with Crippen LogP contribution >= 0.6 is 11.6 Å². The summed E-state index contributed by atoms with van der Waals surface area (Å²) in [6.45, 7) is 5.99. The predicted molar refractivity (Wildman–Crippen MR) is 114 cm³/mol. The molecular weight excluding hydrogens is 392 g/mol. The van der Waals surface area contributed by atoms with Crippen LogP contribution in [-0.2, 0) is 9.59 Å². The summed E-state index contributed by atoms with van der Waals surface area (Å²) >= 11 is 6.06. The van der Waals surface area contributed by atoms with Crippen LogP contribution in [0.3, 0.4) is 0 Å². The first-order valence-corrected chi connectivity index (χ1v) is 10.2. The third kappa shape index (κ3) is 4.34. The van der Waals surface area contributed by atoms with Crippen molar-refractivity contribution in [1.82, 2.24) is 10.2 Å². The van der Waals surface area contributed by atoms with Gasteiger partial charge in [0.2, 0.25) is 5.91 Å². The first-order valence-electron chi connectivity index (χ1n) is 9.83. The summed E-state index contributed by atoms with van der Waals surface area (Å²) in [5, 5.41) is 6.15. The molecule has 158 valence electrons. The topological polar surface area (TPSA) is 81.8 Å². The monoisotopic (exact) mass is 420 g/mol. The molecule has 1 aromatic rings. The lowest BCUT2D eigenvalue weighted by Crippen LogP contribution is -2.54. The van der Waals surface area contributed by atoms with Crippen LogP contribution < -0.4 is 15.5 Å². The Bertz CT molecular complexity index is 854. The molecule has 2 N–H and O–H groups in total. The number of urea groups is 1. The Hall–Kier alpha value is -2.28. The average Bonchev–Trinajstić information content (AvgIpc) is 2.76. The normalized spacial score (nSPS) is 25.9. The van der Waals surface area contributed by atoms with Gasteiger partial charge in [0.25, 0.3) is 5.91 Å². The summed E-state index contributed by atoms with van der Waals surface area (Å²) in [6.07, 6.45) is 2.17. The van der Waals surface area contributed by atoms with Crippen molar-refractivity contribution in [2.75, 3.05) is 30.9 Å². The minimum atomic E-state index is -0.913. The van der Waals surface area contributed by atoms with Crippen molar-refractivity contribution in [2.45, 2.75) is 45.6 Å². The second-order valence-corrected chi connectivity index (χ2v) is 9.80. The van der Waals surface area contributed by atoms with Crippen molar-refractivity contribution < 1.29 is 14.4 Å². The third-order valence-corrected chi connectivity index (χ3v) is 5.88. The van der Waals surface area contributed by atoms with E-state index in [-0.39, 0.29) is 17.9 Å². The summed E-state index contributed by atoms with van der Waals surface area (Å²) in [4.78, 5) is 41.3. The fraction of sp³-hybridized carbons (Fsp3) is 0.571. The number of nitrogens with one attached hydrogen (secondary N) is 2. The first kappa shape index (κ1) is 21.4. The van der Waals surface area contributed by atoms with Crippen molar-refractivity contribution in [1.29, 1.82) is 0 Å². The molecule has 29 heavy (non-hydrogen) atoms. The molecule has 1 aliphatic carbocycles. The van der Waals surface area contributed by atoms with Gasteiger partial charge in [0.15, 0.2) is 0 Å². The van der Waals surface area contributed by atoms with Crippen molar-refractivity contribution in [2.24, 2.45) is 11.3 Å². The Balaban J connectivity index is 1.76. The molecular formula is C21H29ClN4O3. The van der Waals surface area contributed by atoms with E-state index in [0.29, 0.717) is 29.5 Å². The fourth-order valence-electron chi connectivity index (χ4n) is 4.98. The zero-order valence-corrected chi connectivity index (χ0v) is 18.4. The van der Waals surface area contributed by atoms with Crippen LogP contribution in [0.4, 0.5) is 16.2 Å². The maximum absolute atomic E-state index is 13.2. The van der Waals surface area contributed by atoms with Crippen molar-refractivity contribution in [3.63, 3.8) is 0 Å². The Labute approximate surface area is 176 Å². The molecule has 1 saturated heterocycles. The van der Waals surface area contributed by atoms with Crippen LogP contribution in [0.5, 0.6) is 0 Å². The lowest BCUT2D eigenvalue weighted by atomic mass is 9.64. The van der Waals surface area contributed by atoms with Crippen molar-refractivity contribution in [3.8, 4) is 0 Å². The highest BCUT2D eigenvalue weighted by Crippen LogP contribution is 2.46. The molecule has 2 aliphatic rings. The molecule has 1 aliphatic heterocycles. The minimum Gasteiger partial charge on any atom is -0.376 e. The number of anilines is 2. The predicted octanol–water partition coefficient (Wildman–Crippen LogP) is 3.48. The highest BCUT2D eigenvalue weighted by Gasteiger charge is 2.56. The highest BCUT2D eigenvalue weighted by atomic mass is 35.5. The lowest BCUT2D eigenvalue weighted by Gasteiger charge is -2.43. The number of rotatable bonds is 4. The largest absolute Gasteiger partial charge is 0.376 e. The van der Waals surface area contributed by atoms with Crippen LogP contribution in [-0.4, -0.2) is 48.9 Å². The van der Waals surface area contributed by atoms with Crippen LogP contribution in [0.2, 0.25) is 5.02 Å². The van der Waals surface area contributed by atoms with Gasteiger partial charge in [-0.25, -0.2) is 4.79 Å². The molecule has 0 radical (unpaired) electrons. The number of nitrogens with zero attached hydrogens (tertiary/aromatic N) is 2. The Morgan fingerprint density at radius 2 is 2.00 bits per heavy atom. The fourth-order valence-corrected chi connectivity index (χ4v) is 5.15. The summed E-state index contributed by atoms with van der Waals surface area (Å²) < 4.78 is 0. The summed E-state index contributed by atoms with van der Waals surface area (Å²) in [7, 11) is 3.71. The van der Waals surface area contributed by atoms with Gasteiger partial charge in [-0.1, -0.05) is 32.4 Å². The molecule has 1 spiro atoms. The average molecular weight is 421 g/mol. The van der Waals surface area contributed by atoms with Gasteiger partial charge in [-0.2, -0.15) is 0 Å². The van der Waals surface area contributed by atoms with E-state index in [1.807, 2.05) is 19.0 Å². The van der Waals surface area contributed by atoms with E-state index in [1.54, 1.807) is 18.2 Å². The Morgan fingerprint density at radius 1 is 1.31 bits per heavy atom. The second-order valence-electron chi connectivity index (χ2n) is 9.36. The molecule has 2 atom stereocenters. The molecule has 1 aromatic carbocycles. The molecule has 2 unspecified atom stereocenters. The molecule has 1 saturated carbocycles. The molecule has 0 bridgehead atoms. The van der Waals surface area contributed by atoms with Crippen LogP contribution in [0, 0.1) is 11.3 Å². The van der Waals surface area contributed by atoms with Crippen molar-refractivity contribution >= 4 is 40.8 Å². The van der Waals surface area contributed by atoms with Gasteiger partial charge in [-0.3, -0.25) is 14.5 Å². The zero-order valence-electron chi connectivity index (χ0n) is 17.6. The highest BCUT2D eigenvalue weighted by molar-refractivity contribution is 6.31. The molecule has 1 heterocycles. The SMILES string of the molecule is CC1CC(C)(C)CC2(C1)NC(=O)N(CC(=O)Nc1cc(Cl)ccc1N(C)C)C2=O. The van der Waals surface area contributed by atoms with Gasteiger partial charge in [-0.05, 0) is 48.8 Å². The molecule has 8 heteroatoms. The van der Waals surface area contributed by atoms with Crippen LogP contribution in [0.15, 0.2) is 18.2 Å². The number of carbonyl (C=O) groups excluding carboxylic acids is 3. The summed E-state index contributed by atoms with van der Waals surface area (Å²) in [6, 6.07) is 4.67. The third-order valence-electron chi connectivity index (χ3n) is 5.64. The lowest BCUT2D eigenvalue weighted by molar-refractivity contribution is -0.136. The van der Waals surface area contributed by atoms with Crippen molar-refractivity contribution in [3.05, 3.63) is 23.2 Å². The van der Waals surface area contributed by atoms with E-state index in [0.717, 1.165) is 17.0 Å². The Morgan fingerprint density at radius 3 is 2.62 bits per heavy atom. The first-order chi connectivity index (χ1) is 13.4. The van der Waals surface area contributed by atoms with E-state index in [2.05, 4.69) is 31.4 Å². The van der Waals surface area contributed by atoms with Gasteiger partial charge in [0, 0.05) is 19.1 Å². The van der Waals surface area contributed by atoms with E-state index in [1.165, 1.54) is 0 Å². The number of carbonyl (C=O) groups is 3. The van der Waals surface area contributed by atoms with E-state index < -0.39 is 17.5 Å². The van der Waals surface area contributed by atoms with Gasteiger partial charge in [0.05, 0.1) is 11.4 Å². The van der Waals surface area contributed by atoms with Gasteiger partial charge < -0.3 is 15.5 Å². The van der Waals surface area contributed by atoms with Gasteiger partial charge in [-0.15, -0.1) is 0 Å².